The Labute approximate surface area is 128 Å². The molecular formula is C15H20ClF3N2. The van der Waals surface area contributed by atoms with Crippen LogP contribution in [-0.2, 0) is 0 Å². The van der Waals surface area contributed by atoms with Crippen LogP contribution < -0.4 is 5.32 Å². The maximum Gasteiger partial charge on any atom is 0.390 e. The van der Waals surface area contributed by atoms with Crippen LogP contribution in [0.1, 0.15) is 44.6 Å². The number of anilines is 1. The summed E-state index contributed by atoms with van der Waals surface area (Å²) in [7, 11) is 0. The molecule has 1 N–H and O–H groups in total. The second-order valence-corrected chi connectivity index (χ2v) is 6.75. The number of nitrogens with one attached hydrogen (secondary N) is 1. The van der Waals surface area contributed by atoms with Crippen molar-refractivity contribution < 1.29 is 13.2 Å². The Morgan fingerprint density at radius 1 is 1.38 bits per heavy atom. The van der Waals surface area contributed by atoms with Crippen LogP contribution in [0.5, 0.6) is 0 Å². The SMILES string of the molecule is C=C(CC(C)(C)C)Nc1cc(C(Cl)CC(F)(F)F)ccn1. The zero-order chi connectivity index (χ0) is 16.3. The fraction of sp³-hybridized carbons (Fsp3) is 0.533. The number of halogens is 4. The van der Waals surface area contributed by atoms with E-state index in [2.05, 4.69) is 37.7 Å². The lowest BCUT2D eigenvalue weighted by Crippen LogP contribution is -2.12. The highest BCUT2D eigenvalue weighted by molar-refractivity contribution is 6.20. The highest BCUT2D eigenvalue weighted by atomic mass is 35.5. The summed E-state index contributed by atoms with van der Waals surface area (Å²) >= 11 is 5.81. The van der Waals surface area contributed by atoms with Crippen LogP contribution in [0.4, 0.5) is 19.0 Å². The molecule has 0 spiro atoms. The fourth-order valence-electron chi connectivity index (χ4n) is 1.90. The molecule has 0 aliphatic carbocycles. The maximum atomic E-state index is 12.4. The van der Waals surface area contributed by atoms with Crippen LogP contribution in [0, 0.1) is 5.41 Å². The Kier molecular flexibility index (Phi) is 5.68. The molecule has 0 aromatic carbocycles. The average Bonchev–Trinajstić information content (AvgIpc) is 2.24. The molecule has 0 saturated carbocycles. The fourth-order valence-corrected chi connectivity index (χ4v) is 2.21. The minimum absolute atomic E-state index is 0.0625. The lowest BCUT2D eigenvalue weighted by atomic mass is 9.91. The first-order chi connectivity index (χ1) is 9.46. The smallest absolute Gasteiger partial charge is 0.344 e. The van der Waals surface area contributed by atoms with Gasteiger partial charge in [-0.2, -0.15) is 13.2 Å². The van der Waals surface area contributed by atoms with Crippen molar-refractivity contribution in [2.24, 2.45) is 5.41 Å². The molecule has 0 bridgehead atoms. The molecule has 21 heavy (non-hydrogen) atoms. The highest BCUT2D eigenvalue weighted by Crippen LogP contribution is 2.34. The lowest BCUT2D eigenvalue weighted by Gasteiger charge is -2.20. The number of alkyl halides is 4. The molecule has 1 atom stereocenters. The molecule has 0 radical (unpaired) electrons. The summed E-state index contributed by atoms with van der Waals surface area (Å²) in [5, 5.41) is 1.89. The van der Waals surface area contributed by atoms with Crippen LogP contribution in [0.3, 0.4) is 0 Å². The van der Waals surface area contributed by atoms with Crippen molar-refractivity contribution in [3.05, 3.63) is 36.2 Å². The zero-order valence-corrected chi connectivity index (χ0v) is 13.1. The Hall–Kier alpha value is -1.23. The number of nitrogens with zero attached hydrogens (tertiary/aromatic N) is 1. The van der Waals surface area contributed by atoms with Gasteiger partial charge in [0.1, 0.15) is 5.82 Å². The van der Waals surface area contributed by atoms with Crippen LogP contribution in [0.15, 0.2) is 30.6 Å². The van der Waals surface area contributed by atoms with Crippen LogP contribution >= 0.6 is 11.6 Å². The summed E-state index contributed by atoms with van der Waals surface area (Å²) in [6.45, 7) is 10.1. The summed E-state index contributed by atoms with van der Waals surface area (Å²) in [5.41, 5.74) is 1.21. The average molecular weight is 321 g/mol. The van der Waals surface area contributed by atoms with E-state index in [0.717, 1.165) is 12.1 Å². The Morgan fingerprint density at radius 3 is 2.52 bits per heavy atom. The number of pyridine rings is 1. The quantitative estimate of drug-likeness (QED) is 0.706. The van der Waals surface area contributed by atoms with Gasteiger partial charge in [-0.15, -0.1) is 11.6 Å². The third-order valence-electron chi connectivity index (χ3n) is 2.60. The van der Waals surface area contributed by atoms with Gasteiger partial charge in [0.2, 0.25) is 0 Å². The van der Waals surface area contributed by atoms with Crippen molar-refractivity contribution in [1.29, 1.82) is 0 Å². The zero-order valence-electron chi connectivity index (χ0n) is 12.4. The van der Waals surface area contributed by atoms with Crippen molar-refractivity contribution in [3.8, 4) is 0 Å². The molecule has 0 aliphatic rings. The van der Waals surface area contributed by atoms with Crippen molar-refractivity contribution in [1.82, 2.24) is 4.98 Å². The van der Waals surface area contributed by atoms with Crippen molar-refractivity contribution in [2.75, 3.05) is 5.32 Å². The minimum Gasteiger partial charge on any atom is -0.344 e. The van der Waals surface area contributed by atoms with Gasteiger partial charge >= 0.3 is 6.18 Å². The molecule has 0 amide bonds. The highest BCUT2D eigenvalue weighted by Gasteiger charge is 2.31. The van der Waals surface area contributed by atoms with Gasteiger partial charge in [-0.25, -0.2) is 4.98 Å². The van der Waals surface area contributed by atoms with E-state index in [1.807, 2.05) is 0 Å². The van der Waals surface area contributed by atoms with E-state index in [0.29, 0.717) is 11.4 Å². The topological polar surface area (TPSA) is 24.9 Å². The van der Waals surface area contributed by atoms with Gasteiger partial charge < -0.3 is 5.32 Å². The van der Waals surface area contributed by atoms with E-state index >= 15 is 0 Å². The van der Waals surface area contributed by atoms with E-state index in [4.69, 9.17) is 11.6 Å². The number of hydrogen-bond acceptors (Lipinski definition) is 2. The van der Waals surface area contributed by atoms with Gasteiger partial charge in [-0.05, 0) is 29.5 Å². The molecule has 1 heterocycles. The monoisotopic (exact) mass is 320 g/mol. The molecule has 118 valence electrons. The normalized spacial score (nSPS) is 13.9. The van der Waals surface area contributed by atoms with Crippen molar-refractivity contribution >= 4 is 17.4 Å². The van der Waals surface area contributed by atoms with E-state index in [-0.39, 0.29) is 5.41 Å². The predicted octanol–water partition coefficient (Wildman–Crippen LogP) is 5.68. The first-order valence-corrected chi connectivity index (χ1v) is 7.01. The second-order valence-electron chi connectivity index (χ2n) is 6.23. The number of allylic oxidation sites excluding steroid dienone is 1. The first-order valence-electron chi connectivity index (χ1n) is 6.58. The third-order valence-corrected chi connectivity index (χ3v) is 3.01. The molecule has 1 aromatic rings. The predicted molar refractivity (Wildman–Crippen MR) is 80.3 cm³/mol. The summed E-state index contributed by atoms with van der Waals surface area (Å²) in [6.07, 6.45) is -3.19. The van der Waals surface area contributed by atoms with Crippen LogP contribution in [0.2, 0.25) is 0 Å². The van der Waals surface area contributed by atoms with Gasteiger partial charge in [0.05, 0.1) is 11.8 Å². The van der Waals surface area contributed by atoms with Gasteiger partial charge in [0, 0.05) is 11.9 Å². The van der Waals surface area contributed by atoms with E-state index in [1.54, 1.807) is 0 Å². The molecule has 1 unspecified atom stereocenters. The number of hydrogen-bond donors (Lipinski definition) is 1. The standard InChI is InChI=1S/C15H20ClF3N2/c1-10(8-14(2,3)4)21-13-7-11(5-6-20-13)12(16)9-15(17,18)19/h5-7,12H,1,8-9H2,2-4H3,(H,20,21). The molecule has 0 fully saturated rings. The summed E-state index contributed by atoms with van der Waals surface area (Å²) in [4.78, 5) is 4.08. The minimum atomic E-state index is -4.29. The summed E-state index contributed by atoms with van der Waals surface area (Å²) < 4.78 is 37.1. The van der Waals surface area contributed by atoms with Gasteiger partial charge in [0.15, 0.2) is 0 Å². The molecule has 2 nitrogen and oxygen atoms in total. The van der Waals surface area contributed by atoms with Gasteiger partial charge in [-0.1, -0.05) is 27.4 Å². The lowest BCUT2D eigenvalue weighted by molar-refractivity contribution is -0.134. The van der Waals surface area contributed by atoms with E-state index in [1.165, 1.54) is 18.3 Å². The molecule has 0 aliphatic heterocycles. The first kappa shape index (κ1) is 17.8. The Morgan fingerprint density at radius 2 is 2.00 bits per heavy atom. The maximum absolute atomic E-state index is 12.4. The van der Waals surface area contributed by atoms with Crippen molar-refractivity contribution in [2.45, 2.75) is 45.2 Å². The Bertz CT molecular complexity index is 492. The summed E-state index contributed by atoms with van der Waals surface area (Å²) in [6, 6.07) is 3.01. The van der Waals surface area contributed by atoms with Gasteiger partial charge in [-0.3, -0.25) is 0 Å². The van der Waals surface area contributed by atoms with E-state index < -0.39 is 18.0 Å². The number of aromatic nitrogens is 1. The van der Waals surface area contributed by atoms with E-state index in [9.17, 15) is 13.2 Å². The Balaban J connectivity index is 2.75. The van der Waals surface area contributed by atoms with Gasteiger partial charge in [0.25, 0.3) is 0 Å². The molecule has 0 saturated heterocycles. The largest absolute Gasteiger partial charge is 0.390 e. The second kappa shape index (κ2) is 6.69. The van der Waals surface area contributed by atoms with Crippen LogP contribution in [-0.4, -0.2) is 11.2 Å². The molecule has 1 rings (SSSR count). The molecule has 1 aromatic heterocycles. The van der Waals surface area contributed by atoms with Crippen LogP contribution in [0.25, 0.3) is 0 Å². The molecular weight excluding hydrogens is 301 g/mol. The molecule has 6 heteroatoms. The number of rotatable bonds is 5. The van der Waals surface area contributed by atoms with Crippen molar-refractivity contribution in [3.63, 3.8) is 0 Å². The third kappa shape index (κ3) is 7.37. The summed E-state index contributed by atoms with van der Waals surface area (Å²) in [5.74, 6) is 0.453.